The number of hydrogen-bond acceptors (Lipinski definition) is 3. The van der Waals surface area contributed by atoms with Crippen LogP contribution in [0.2, 0.25) is 5.02 Å². The highest BCUT2D eigenvalue weighted by Crippen LogP contribution is 2.23. The Labute approximate surface area is 140 Å². The highest BCUT2D eigenvalue weighted by molar-refractivity contribution is 7.88. The molecule has 2 heterocycles. The van der Waals surface area contributed by atoms with Crippen molar-refractivity contribution in [3.63, 3.8) is 0 Å². The van der Waals surface area contributed by atoms with Gasteiger partial charge in [-0.3, -0.25) is 4.79 Å². The molecule has 0 spiro atoms. The number of carbonyl (C=O) groups excluding carboxylic acids is 1. The van der Waals surface area contributed by atoms with E-state index in [1.165, 1.54) is 10.6 Å². The summed E-state index contributed by atoms with van der Waals surface area (Å²) >= 11 is 6.02. The van der Waals surface area contributed by atoms with Crippen molar-refractivity contribution in [2.24, 2.45) is 7.05 Å². The summed E-state index contributed by atoms with van der Waals surface area (Å²) in [4.78, 5) is 14.4. The van der Waals surface area contributed by atoms with Crippen LogP contribution in [0.15, 0.2) is 24.3 Å². The van der Waals surface area contributed by atoms with E-state index in [1.54, 1.807) is 11.0 Å². The number of piperazine rings is 1. The van der Waals surface area contributed by atoms with Gasteiger partial charge >= 0.3 is 0 Å². The highest BCUT2D eigenvalue weighted by atomic mass is 35.5. The van der Waals surface area contributed by atoms with Gasteiger partial charge in [0.25, 0.3) is 5.91 Å². The van der Waals surface area contributed by atoms with Crippen molar-refractivity contribution in [1.29, 1.82) is 0 Å². The number of aromatic nitrogens is 1. The molecule has 124 valence electrons. The molecule has 0 saturated carbocycles. The Hall–Kier alpha value is -1.57. The van der Waals surface area contributed by atoms with Crippen LogP contribution in [-0.4, -0.2) is 60.5 Å². The van der Waals surface area contributed by atoms with Crippen molar-refractivity contribution in [2.75, 3.05) is 32.4 Å². The number of benzene rings is 1. The van der Waals surface area contributed by atoms with Gasteiger partial charge in [0, 0.05) is 49.2 Å². The lowest BCUT2D eigenvalue weighted by molar-refractivity contribution is 0.0689. The Morgan fingerprint density at radius 3 is 2.39 bits per heavy atom. The number of aryl methyl sites for hydroxylation is 1. The number of fused-ring (bicyclic) bond motifs is 1. The molecule has 6 nitrogen and oxygen atoms in total. The Bertz CT molecular complexity index is 867. The van der Waals surface area contributed by atoms with Crippen molar-refractivity contribution >= 4 is 38.4 Å². The molecule has 1 amide bonds. The van der Waals surface area contributed by atoms with E-state index >= 15 is 0 Å². The Kier molecular flexibility index (Phi) is 4.12. The Morgan fingerprint density at radius 1 is 1.13 bits per heavy atom. The molecule has 1 saturated heterocycles. The van der Waals surface area contributed by atoms with E-state index in [1.807, 2.05) is 29.8 Å². The van der Waals surface area contributed by atoms with E-state index < -0.39 is 10.0 Å². The third-order valence-electron chi connectivity index (χ3n) is 4.22. The summed E-state index contributed by atoms with van der Waals surface area (Å²) < 4.78 is 26.3. The van der Waals surface area contributed by atoms with Crippen molar-refractivity contribution in [3.05, 3.63) is 35.0 Å². The minimum absolute atomic E-state index is 0.0898. The SMILES string of the molecule is Cn1c(C(=O)N2CCN(S(C)(=O)=O)CC2)cc2ccc(Cl)cc21. The lowest BCUT2D eigenvalue weighted by Crippen LogP contribution is -2.50. The molecule has 23 heavy (non-hydrogen) atoms. The van der Waals surface area contributed by atoms with Crippen LogP contribution < -0.4 is 0 Å². The van der Waals surface area contributed by atoms with Crippen LogP contribution in [0.1, 0.15) is 10.5 Å². The van der Waals surface area contributed by atoms with Crippen LogP contribution >= 0.6 is 11.6 Å². The van der Waals surface area contributed by atoms with Gasteiger partial charge in [0.2, 0.25) is 10.0 Å². The topological polar surface area (TPSA) is 62.6 Å². The van der Waals surface area contributed by atoms with Crippen LogP contribution in [0.25, 0.3) is 10.9 Å². The largest absolute Gasteiger partial charge is 0.340 e. The molecule has 0 bridgehead atoms. The normalized spacial score (nSPS) is 16.9. The molecule has 1 aliphatic rings. The smallest absolute Gasteiger partial charge is 0.270 e. The van der Waals surface area contributed by atoms with E-state index in [0.29, 0.717) is 36.9 Å². The molecule has 1 aromatic heterocycles. The summed E-state index contributed by atoms with van der Waals surface area (Å²) in [6, 6.07) is 7.35. The molecule has 0 radical (unpaired) electrons. The van der Waals surface area contributed by atoms with Crippen LogP contribution in [0, 0.1) is 0 Å². The van der Waals surface area contributed by atoms with Gasteiger partial charge in [0.05, 0.1) is 6.26 Å². The summed E-state index contributed by atoms with van der Waals surface area (Å²) in [5.74, 6) is -0.0898. The third-order valence-corrected chi connectivity index (χ3v) is 5.76. The molecule has 0 N–H and O–H groups in total. The molecule has 1 aliphatic heterocycles. The van der Waals surface area contributed by atoms with Crippen LogP contribution in [-0.2, 0) is 17.1 Å². The number of amides is 1. The van der Waals surface area contributed by atoms with Crippen LogP contribution in [0.4, 0.5) is 0 Å². The number of halogens is 1. The third kappa shape index (κ3) is 3.08. The van der Waals surface area contributed by atoms with Crippen molar-refractivity contribution in [1.82, 2.24) is 13.8 Å². The zero-order valence-electron chi connectivity index (χ0n) is 13.0. The lowest BCUT2D eigenvalue weighted by atomic mass is 10.2. The first kappa shape index (κ1) is 16.3. The van der Waals surface area contributed by atoms with E-state index in [2.05, 4.69) is 0 Å². The number of hydrogen-bond donors (Lipinski definition) is 0. The fraction of sp³-hybridized carbons (Fsp3) is 0.400. The number of rotatable bonds is 2. The van der Waals surface area contributed by atoms with Gasteiger partial charge in [0.1, 0.15) is 5.69 Å². The molecule has 0 atom stereocenters. The second-order valence-electron chi connectivity index (χ2n) is 5.75. The highest BCUT2D eigenvalue weighted by Gasteiger charge is 2.28. The fourth-order valence-corrected chi connectivity index (χ4v) is 3.89. The maximum Gasteiger partial charge on any atom is 0.270 e. The van der Waals surface area contributed by atoms with Gasteiger partial charge in [-0.2, -0.15) is 4.31 Å². The summed E-state index contributed by atoms with van der Waals surface area (Å²) in [7, 11) is -1.37. The molecule has 8 heteroatoms. The molecule has 3 rings (SSSR count). The predicted molar refractivity (Wildman–Crippen MR) is 90.2 cm³/mol. The quantitative estimate of drug-likeness (QED) is 0.821. The van der Waals surface area contributed by atoms with Crippen molar-refractivity contribution in [3.8, 4) is 0 Å². The van der Waals surface area contributed by atoms with Gasteiger partial charge < -0.3 is 9.47 Å². The van der Waals surface area contributed by atoms with Gasteiger partial charge in [-0.05, 0) is 18.2 Å². The molecular weight excluding hydrogens is 338 g/mol. The second kappa shape index (κ2) is 5.81. The number of sulfonamides is 1. The maximum atomic E-state index is 12.7. The van der Waals surface area contributed by atoms with E-state index in [-0.39, 0.29) is 5.91 Å². The number of carbonyl (C=O) groups is 1. The maximum absolute atomic E-state index is 12.7. The first-order valence-electron chi connectivity index (χ1n) is 7.27. The van der Waals surface area contributed by atoms with E-state index in [0.717, 1.165) is 10.9 Å². The van der Waals surface area contributed by atoms with Crippen molar-refractivity contribution < 1.29 is 13.2 Å². The summed E-state index contributed by atoms with van der Waals surface area (Å²) in [6.07, 6.45) is 1.19. The zero-order chi connectivity index (χ0) is 16.8. The number of nitrogens with zero attached hydrogens (tertiary/aromatic N) is 3. The standard InChI is InChI=1S/C15H18ClN3O3S/c1-17-13-10-12(16)4-3-11(13)9-14(17)15(20)18-5-7-19(8-6-18)23(2,21)22/h3-4,9-10H,5-8H2,1-2H3. The second-order valence-corrected chi connectivity index (χ2v) is 8.16. The first-order valence-corrected chi connectivity index (χ1v) is 9.49. The van der Waals surface area contributed by atoms with E-state index in [9.17, 15) is 13.2 Å². The molecule has 0 unspecified atom stereocenters. The summed E-state index contributed by atoms with van der Waals surface area (Å²) in [5.41, 5.74) is 1.48. The first-order chi connectivity index (χ1) is 10.8. The minimum atomic E-state index is -3.20. The monoisotopic (exact) mass is 355 g/mol. The van der Waals surface area contributed by atoms with Gasteiger partial charge in [-0.25, -0.2) is 8.42 Å². The Balaban J connectivity index is 1.83. The summed E-state index contributed by atoms with van der Waals surface area (Å²) in [6.45, 7) is 1.46. The van der Waals surface area contributed by atoms with Crippen LogP contribution in [0.3, 0.4) is 0 Å². The average molecular weight is 356 g/mol. The zero-order valence-corrected chi connectivity index (χ0v) is 14.6. The molecular formula is C15H18ClN3O3S. The van der Waals surface area contributed by atoms with Gasteiger partial charge in [-0.15, -0.1) is 0 Å². The lowest BCUT2D eigenvalue weighted by Gasteiger charge is -2.33. The van der Waals surface area contributed by atoms with Gasteiger partial charge in [-0.1, -0.05) is 17.7 Å². The Morgan fingerprint density at radius 2 is 1.78 bits per heavy atom. The fourth-order valence-electron chi connectivity index (χ4n) is 2.89. The van der Waals surface area contributed by atoms with Crippen molar-refractivity contribution in [2.45, 2.75) is 0 Å². The molecule has 0 aliphatic carbocycles. The molecule has 1 aromatic carbocycles. The minimum Gasteiger partial charge on any atom is -0.340 e. The predicted octanol–water partition coefficient (Wildman–Crippen LogP) is 1.55. The average Bonchev–Trinajstić information content (AvgIpc) is 2.83. The van der Waals surface area contributed by atoms with Gasteiger partial charge in [0.15, 0.2) is 0 Å². The molecule has 2 aromatic rings. The van der Waals surface area contributed by atoms with Crippen LogP contribution in [0.5, 0.6) is 0 Å². The molecule has 1 fully saturated rings. The van der Waals surface area contributed by atoms with E-state index in [4.69, 9.17) is 11.6 Å². The summed E-state index contributed by atoms with van der Waals surface area (Å²) in [5, 5.41) is 1.58.